The number of hydrogen-bond acceptors (Lipinski definition) is 9. The largest absolute Gasteiger partial charge is 0.508 e. The molecule has 0 heterocycles. The number of aliphatic hydroxyl groups excluding tert-OH is 2. The Morgan fingerprint density at radius 1 is 1.22 bits per heavy atom. The highest BCUT2D eigenvalue weighted by atomic mass is 19.1. The van der Waals surface area contributed by atoms with Crippen LogP contribution in [0.4, 0.5) is 14.9 Å². The molecule has 12 nitrogen and oxygen atoms in total. The van der Waals surface area contributed by atoms with Crippen LogP contribution in [0.5, 0.6) is 5.75 Å². The van der Waals surface area contributed by atoms with Crippen LogP contribution in [-0.2, 0) is 20.8 Å². The van der Waals surface area contributed by atoms with Crippen molar-refractivity contribution in [3.05, 3.63) is 39.9 Å². The maximum atomic E-state index is 15.1. The predicted molar refractivity (Wildman–Crippen MR) is 122 cm³/mol. The summed E-state index contributed by atoms with van der Waals surface area (Å²) < 4.78 is 15.1. The number of aliphatic hydroxyl groups is 3. The number of halogens is 1. The lowest BCUT2D eigenvalue weighted by Crippen LogP contribution is -2.65. The zero-order valence-electron chi connectivity index (χ0n) is 19.5. The highest BCUT2D eigenvalue weighted by Crippen LogP contribution is 2.53. The van der Waals surface area contributed by atoms with Gasteiger partial charge >= 0.3 is 6.03 Å². The van der Waals surface area contributed by atoms with Crippen LogP contribution < -0.4 is 16.4 Å². The second-order valence-corrected chi connectivity index (χ2v) is 9.27. The van der Waals surface area contributed by atoms with E-state index in [0.29, 0.717) is 0 Å². The number of primary amides is 1. The minimum atomic E-state index is -2.79. The van der Waals surface area contributed by atoms with E-state index in [1.54, 1.807) is 0 Å². The Balaban J connectivity index is 1.95. The average Bonchev–Trinajstić information content (AvgIpc) is 2.79. The van der Waals surface area contributed by atoms with Gasteiger partial charge in [-0.1, -0.05) is 0 Å². The maximum Gasteiger partial charge on any atom is 0.319 e. The van der Waals surface area contributed by atoms with E-state index >= 15 is 4.39 Å². The molecule has 4 atom stereocenters. The first kappa shape index (κ1) is 25.1. The Bertz CT molecular complexity index is 1300. The number of likely N-dealkylation sites (N-methyl/N-ethyl adjacent to an activating group) is 1. The van der Waals surface area contributed by atoms with Crippen LogP contribution in [0.15, 0.2) is 23.0 Å². The number of nitrogens with zero attached hydrogens (tertiary/aromatic N) is 1. The van der Waals surface area contributed by atoms with E-state index in [1.165, 1.54) is 26.0 Å². The van der Waals surface area contributed by atoms with Crippen LogP contribution in [0.3, 0.4) is 0 Å². The number of nitrogens with one attached hydrogen (secondary N) is 2. The first-order valence-corrected chi connectivity index (χ1v) is 10.9. The number of hydrogen-bond donors (Lipinski definition) is 7. The highest BCUT2D eigenvalue weighted by Gasteiger charge is 2.64. The summed E-state index contributed by atoms with van der Waals surface area (Å²) in [6.07, 6.45) is -0.363. The zero-order valence-corrected chi connectivity index (χ0v) is 19.5. The van der Waals surface area contributed by atoms with Crippen molar-refractivity contribution in [2.75, 3.05) is 26.5 Å². The summed E-state index contributed by atoms with van der Waals surface area (Å²) in [4.78, 5) is 51.7. The molecule has 3 aliphatic carbocycles. The fourth-order valence-corrected chi connectivity index (χ4v) is 5.55. The van der Waals surface area contributed by atoms with E-state index in [0.717, 1.165) is 6.07 Å². The topological polar surface area (TPSA) is 203 Å². The van der Waals surface area contributed by atoms with Gasteiger partial charge in [0.05, 0.1) is 17.3 Å². The number of urea groups is 1. The summed E-state index contributed by atoms with van der Waals surface area (Å²) in [5.74, 6) is -9.28. The minimum absolute atomic E-state index is 0.138. The van der Waals surface area contributed by atoms with Gasteiger partial charge in [-0.2, -0.15) is 0 Å². The molecule has 8 N–H and O–H groups in total. The number of anilines is 1. The van der Waals surface area contributed by atoms with Crippen LogP contribution in [0.1, 0.15) is 17.5 Å². The van der Waals surface area contributed by atoms with Crippen molar-refractivity contribution in [3.63, 3.8) is 0 Å². The van der Waals surface area contributed by atoms with Crippen molar-refractivity contribution in [1.82, 2.24) is 10.2 Å². The molecule has 0 saturated heterocycles. The Morgan fingerprint density at radius 3 is 2.42 bits per heavy atom. The van der Waals surface area contributed by atoms with Gasteiger partial charge in [-0.15, -0.1) is 0 Å². The number of rotatable bonds is 3. The van der Waals surface area contributed by atoms with E-state index in [4.69, 9.17) is 5.73 Å². The van der Waals surface area contributed by atoms with Gasteiger partial charge in [-0.3, -0.25) is 19.3 Å². The minimum Gasteiger partial charge on any atom is -0.508 e. The number of aromatic hydroxyl groups is 1. The van der Waals surface area contributed by atoms with E-state index in [2.05, 4.69) is 10.6 Å². The number of nitrogens with two attached hydrogens (primary N) is 1. The van der Waals surface area contributed by atoms with Crippen molar-refractivity contribution < 1.29 is 44.0 Å². The number of Topliss-reactive ketones (excluding diaryl/α,β-unsaturated/α-hetero) is 2. The number of benzene rings is 1. The molecular formula is C23H25FN4O8. The smallest absolute Gasteiger partial charge is 0.319 e. The molecule has 1 fully saturated rings. The first-order chi connectivity index (χ1) is 16.8. The quantitative estimate of drug-likeness (QED) is 0.216. The summed E-state index contributed by atoms with van der Waals surface area (Å²) >= 11 is 0. The van der Waals surface area contributed by atoms with Gasteiger partial charge in [0.25, 0.3) is 5.91 Å². The summed E-state index contributed by atoms with van der Waals surface area (Å²) in [7, 11) is 4.25. The van der Waals surface area contributed by atoms with Crippen LogP contribution >= 0.6 is 0 Å². The summed E-state index contributed by atoms with van der Waals surface area (Å²) in [6, 6.07) is -1.16. The Hall–Kier alpha value is -3.97. The van der Waals surface area contributed by atoms with Crippen LogP contribution in [0.25, 0.3) is 5.76 Å². The van der Waals surface area contributed by atoms with Crippen molar-refractivity contribution in [3.8, 4) is 5.75 Å². The lowest BCUT2D eigenvalue weighted by atomic mass is 9.57. The molecule has 0 aliphatic heterocycles. The fraction of sp³-hybridized carbons (Fsp3) is 0.391. The van der Waals surface area contributed by atoms with Gasteiger partial charge in [-0.05, 0) is 32.9 Å². The second-order valence-electron chi connectivity index (χ2n) is 9.27. The number of phenols is 1. The molecule has 3 aliphatic rings. The first-order valence-electron chi connectivity index (χ1n) is 10.9. The molecule has 3 amide bonds. The van der Waals surface area contributed by atoms with E-state index in [9.17, 15) is 39.6 Å². The molecule has 0 bridgehead atoms. The SMILES string of the molecule is CNC(=O)Nc1cc(F)c2c(c1O)C(O)=C1C(=O)[C@]3(O)C(O)=C(C(N)=O)C(=O)[C@@H](N(C)C)[C@@H]3C[C@@H]1C2. The number of phenolic OH excluding ortho intramolecular Hbond substituents is 1. The number of ketones is 2. The van der Waals surface area contributed by atoms with Crippen molar-refractivity contribution >= 4 is 35.0 Å². The Kier molecular flexibility index (Phi) is 5.80. The number of fused-ring (bicyclic) bond motifs is 3. The monoisotopic (exact) mass is 504 g/mol. The highest BCUT2D eigenvalue weighted by molar-refractivity contribution is 6.24. The Labute approximate surface area is 203 Å². The van der Waals surface area contributed by atoms with Crippen molar-refractivity contribution in [2.45, 2.75) is 24.5 Å². The summed E-state index contributed by atoms with van der Waals surface area (Å²) in [5, 5.41) is 48.5. The molecule has 1 aromatic rings. The van der Waals surface area contributed by atoms with Gasteiger partial charge in [-0.25, -0.2) is 9.18 Å². The van der Waals surface area contributed by atoms with Gasteiger partial charge < -0.3 is 36.8 Å². The average molecular weight is 504 g/mol. The molecule has 0 unspecified atom stereocenters. The molecule has 4 rings (SSSR count). The number of carbonyl (C=O) groups is 4. The van der Waals surface area contributed by atoms with E-state index in [1.807, 2.05) is 0 Å². The standard InChI is InChI=1S/C23H25FN4O8/c1-26-22(35)27-11-6-10(24)8-4-7-5-9-15(28(2)3)18(31)14(21(25)34)20(33)23(9,36)19(32)12(7)17(30)13(8)16(11)29/h6-7,9,15,29-30,33,36H,4-5H2,1-3H3,(H2,25,34)(H2,26,27,35)/t7-,9-,15-,23-/m0/s1. The summed E-state index contributed by atoms with van der Waals surface area (Å²) in [5.41, 5.74) is 0.141. The third-order valence-corrected chi connectivity index (χ3v) is 7.14. The molecule has 1 aromatic carbocycles. The molecule has 0 radical (unpaired) electrons. The van der Waals surface area contributed by atoms with Crippen molar-refractivity contribution in [2.24, 2.45) is 17.6 Å². The van der Waals surface area contributed by atoms with Crippen LogP contribution in [-0.4, -0.2) is 81.6 Å². The lowest BCUT2D eigenvalue weighted by Gasteiger charge is -2.50. The van der Waals surface area contributed by atoms with Gasteiger partial charge in [0.15, 0.2) is 17.1 Å². The fourth-order valence-electron chi connectivity index (χ4n) is 5.55. The van der Waals surface area contributed by atoms with Gasteiger partial charge in [0, 0.05) is 30.2 Å². The second kappa shape index (κ2) is 8.31. The molecule has 36 heavy (non-hydrogen) atoms. The summed E-state index contributed by atoms with van der Waals surface area (Å²) in [6.45, 7) is 0. The van der Waals surface area contributed by atoms with Crippen LogP contribution in [0, 0.1) is 17.7 Å². The zero-order chi connectivity index (χ0) is 26.9. The molecule has 0 spiro atoms. The molecule has 192 valence electrons. The number of carbonyl (C=O) groups excluding carboxylic acids is 4. The van der Waals surface area contributed by atoms with E-state index < -0.39 is 86.8 Å². The normalized spacial score (nSPS) is 27.4. The molecule has 0 aromatic heterocycles. The molecule has 13 heteroatoms. The molecular weight excluding hydrogens is 479 g/mol. The lowest BCUT2D eigenvalue weighted by molar-refractivity contribution is -0.153. The molecule has 1 saturated carbocycles. The van der Waals surface area contributed by atoms with Gasteiger partial charge in [0.1, 0.15) is 22.9 Å². The van der Waals surface area contributed by atoms with Crippen molar-refractivity contribution in [1.29, 1.82) is 0 Å². The third kappa shape index (κ3) is 3.27. The predicted octanol–water partition coefficient (Wildman–Crippen LogP) is -0.146. The van der Waals surface area contributed by atoms with Crippen LogP contribution in [0.2, 0.25) is 0 Å². The third-order valence-electron chi connectivity index (χ3n) is 7.14. The maximum absolute atomic E-state index is 15.1. The Morgan fingerprint density at radius 2 is 1.86 bits per heavy atom. The number of amides is 3. The van der Waals surface area contributed by atoms with Gasteiger partial charge in [0.2, 0.25) is 5.78 Å². The van der Waals surface area contributed by atoms with E-state index in [-0.39, 0.29) is 24.1 Å².